The van der Waals surface area contributed by atoms with E-state index in [-0.39, 0.29) is 11.9 Å². The molecule has 1 aromatic rings. The second-order valence-corrected chi connectivity index (χ2v) is 5.54. The number of halogens is 1. The van der Waals surface area contributed by atoms with Gasteiger partial charge in [-0.05, 0) is 42.9 Å². The van der Waals surface area contributed by atoms with Gasteiger partial charge in [0.05, 0.1) is 12.7 Å². The maximum absolute atomic E-state index is 13.6. The second kappa shape index (κ2) is 4.98. The van der Waals surface area contributed by atoms with Crippen LogP contribution in [0.3, 0.4) is 0 Å². The Balaban J connectivity index is 1.74. The van der Waals surface area contributed by atoms with E-state index in [1.165, 1.54) is 19.3 Å². The molecule has 2 nitrogen and oxygen atoms in total. The molecule has 1 N–H and O–H groups in total. The molecule has 1 saturated heterocycles. The van der Waals surface area contributed by atoms with E-state index < -0.39 is 0 Å². The Morgan fingerprint density at radius 1 is 1.33 bits per heavy atom. The van der Waals surface area contributed by atoms with E-state index >= 15 is 0 Å². The third-order valence-electron chi connectivity index (χ3n) is 4.30. The van der Waals surface area contributed by atoms with E-state index in [4.69, 9.17) is 4.74 Å². The summed E-state index contributed by atoms with van der Waals surface area (Å²) in [5, 5.41) is 3.58. The summed E-state index contributed by atoms with van der Waals surface area (Å²) in [5.41, 5.74) is 1.64. The molecule has 0 spiro atoms. The maximum Gasteiger partial charge on any atom is 0.126 e. The lowest BCUT2D eigenvalue weighted by molar-refractivity contribution is 0.0472. The van der Waals surface area contributed by atoms with Crippen molar-refractivity contribution in [1.29, 1.82) is 0 Å². The van der Waals surface area contributed by atoms with Crippen molar-refractivity contribution in [3.05, 3.63) is 35.1 Å². The lowest BCUT2D eigenvalue weighted by Crippen LogP contribution is -2.32. The summed E-state index contributed by atoms with van der Waals surface area (Å²) in [6.45, 7) is 3.39. The lowest BCUT2D eigenvalue weighted by Gasteiger charge is -2.16. The molecule has 3 rings (SSSR count). The third-order valence-corrected chi connectivity index (χ3v) is 4.30. The molecule has 0 bridgehead atoms. The van der Waals surface area contributed by atoms with Crippen molar-refractivity contribution in [3.8, 4) is 0 Å². The number of benzene rings is 1. The lowest BCUT2D eigenvalue weighted by atomic mass is 10.1. The first kappa shape index (κ1) is 12.1. The van der Waals surface area contributed by atoms with Gasteiger partial charge in [0.1, 0.15) is 5.82 Å². The topological polar surface area (TPSA) is 21.3 Å². The van der Waals surface area contributed by atoms with Crippen molar-refractivity contribution < 1.29 is 9.13 Å². The SMILES string of the molecule is Cc1ccc(C2CNC3CCCC3CO2)cc1F. The Morgan fingerprint density at radius 3 is 3.06 bits per heavy atom. The highest BCUT2D eigenvalue weighted by Gasteiger charge is 2.31. The Morgan fingerprint density at radius 2 is 2.22 bits per heavy atom. The van der Waals surface area contributed by atoms with Gasteiger partial charge in [0, 0.05) is 12.6 Å². The van der Waals surface area contributed by atoms with Gasteiger partial charge in [-0.3, -0.25) is 0 Å². The zero-order valence-electron chi connectivity index (χ0n) is 10.8. The summed E-state index contributed by atoms with van der Waals surface area (Å²) in [5.74, 6) is 0.505. The number of nitrogens with one attached hydrogen (secondary N) is 1. The molecule has 0 amide bonds. The Kier molecular flexibility index (Phi) is 3.35. The second-order valence-electron chi connectivity index (χ2n) is 5.54. The zero-order valence-corrected chi connectivity index (χ0v) is 10.8. The van der Waals surface area contributed by atoms with Gasteiger partial charge in [-0.1, -0.05) is 18.6 Å². The minimum atomic E-state index is -0.138. The first-order chi connectivity index (χ1) is 8.74. The van der Waals surface area contributed by atoms with Gasteiger partial charge in [0.15, 0.2) is 0 Å². The summed E-state index contributed by atoms with van der Waals surface area (Å²) in [6.07, 6.45) is 3.80. The largest absolute Gasteiger partial charge is 0.372 e. The highest BCUT2D eigenvalue weighted by molar-refractivity contribution is 5.25. The normalized spacial score (nSPS) is 32.0. The molecule has 3 atom stereocenters. The van der Waals surface area contributed by atoms with Gasteiger partial charge in [-0.15, -0.1) is 0 Å². The molecule has 1 aliphatic carbocycles. The number of fused-ring (bicyclic) bond motifs is 1. The van der Waals surface area contributed by atoms with Crippen LogP contribution in [0.5, 0.6) is 0 Å². The van der Waals surface area contributed by atoms with Crippen molar-refractivity contribution in [2.45, 2.75) is 38.3 Å². The summed E-state index contributed by atoms with van der Waals surface area (Å²) >= 11 is 0. The molecular weight excluding hydrogens is 229 g/mol. The van der Waals surface area contributed by atoms with Gasteiger partial charge in [0.25, 0.3) is 0 Å². The van der Waals surface area contributed by atoms with Crippen LogP contribution < -0.4 is 5.32 Å². The van der Waals surface area contributed by atoms with Gasteiger partial charge >= 0.3 is 0 Å². The standard InChI is InChI=1S/C15H20FNO/c1-10-5-6-11(7-13(10)16)15-8-17-14-4-2-3-12(14)9-18-15/h5-7,12,14-15,17H,2-4,8-9H2,1H3. The third kappa shape index (κ3) is 2.29. The molecule has 2 fully saturated rings. The first-order valence-corrected chi connectivity index (χ1v) is 6.85. The summed E-state index contributed by atoms with van der Waals surface area (Å²) in [4.78, 5) is 0. The fraction of sp³-hybridized carbons (Fsp3) is 0.600. The minimum Gasteiger partial charge on any atom is -0.372 e. The Hall–Kier alpha value is -0.930. The quantitative estimate of drug-likeness (QED) is 0.826. The van der Waals surface area contributed by atoms with Crippen molar-refractivity contribution >= 4 is 0 Å². The van der Waals surface area contributed by atoms with Crippen LogP contribution in [0.15, 0.2) is 18.2 Å². The van der Waals surface area contributed by atoms with Crippen LogP contribution in [0, 0.1) is 18.7 Å². The fourth-order valence-electron chi connectivity index (χ4n) is 3.09. The summed E-state index contributed by atoms with van der Waals surface area (Å²) in [6, 6.07) is 6.03. The zero-order chi connectivity index (χ0) is 12.5. The molecule has 1 saturated carbocycles. The van der Waals surface area contributed by atoms with Crippen LogP contribution >= 0.6 is 0 Å². The molecule has 3 unspecified atom stereocenters. The van der Waals surface area contributed by atoms with E-state index in [1.807, 2.05) is 12.1 Å². The van der Waals surface area contributed by atoms with Crippen molar-refractivity contribution in [2.75, 3.05) is 13.2 Å². The van der Waals surface area contributed by atoms with Gasteiger partial charge in [0.2, 0.25) is 0 Å². The molecule has 2 aliphatic rings. The molecular formula is C15H20FNO. The van der Waals surface area contributed by atoms with Gasteiger partial charge in [-0.25, -0.2) is 4.39 Å². The van der Waals surface area contributed by atoms with Crippen LogP contribution in [0.4, 0.5) is 4.39 Å². The number of hydrogen-bond donors (Lipinski definition) is 1. The van der Waals surface area contributed by atoms with Crippen LogP contribution in [-0.4, -0.2) is 19.2 Å². The molecule has 1 aromatic carbocycles. The summed E-state index contributed by atoms with van der Waals surface area (Å²) in [7, 11) is 0. The van der Waals surface area contributed by atoms with Crippen molar-refractivity contribution in [2.24, 2.45) is 5.92 Å². The highest BCUT2D eigenvalue weighted by atomic mass is 19.1. The van der Waals surface area contributed by atoms with E-state index in [1.54, 1.807) is 13.0 Å². The van der Waals surface area contributed by atoms with Crippen LogP contribution in [-0.2, 0) is 4.74 Å². The molecule has 0 aromatic heterocycles. The highest BCUT2D eigenvalue weighted by Crippen LogP contribution is 2.31. The molecule has 98 valence electrons. The smallest absolute Gasteiger partial charge is 0.126 e. The molecule has 1 heterocycles. The maximum atomic E-state index is 13.6. The van der Waals surface area contributed by atoms with Crippen molar-refractivity contribution in [1.82, 2.24) is 5.32 Å². The van der Waals surface area contributed by atoms with E-state index in [0.717, 1.165) is 18.7 Å². The van der Waals surface area contributed by atoms with E-state index in [2.05, 4.69) is 5.32 Å². The Labute approximate surface area is 108 Å². The fourth-order valence-corrected chi connectivity index (χ4v) is 3.09. The van der Waals surface area contributed by atoms with Gasteiger partial charge in [-0.2, -0.15) is 0 Å². The molecule has 3 heteroatoms. The van der Waals surface area contributed by atoms with E-state index in [0.29, 0.717) is 17.5 Å². The van der Waals surface area contributed by atoms with Crippen molar-refractivity contribution in [3.63, 3.8) is 0 Å². The predicted octanol–water partition coefficient (Wildman–Crippen LogP) is 2.96. The van der Waals surface area contributed by atoms with E-state index in [9.17, 15) is 4.39 Å². The average molecular weight is 249 g/mol. The number of rotatable bonds is 1. The Bertz CT molecular complexity index is 421. The summed E-state index contributed by atoms with van der Waals surface area (Å²) < 4.78 is 19.6. The van der Waals surface area contributed by atoms with Crippen LogP contribution in [0.1, 0.15) is 36.5 Å². The monoisotopic (exact) mass is 249 g/mol. The van der Waals surface area contributed by atoms with Gasteiger partial charge < -0.3 is 10.1 Å². The minimum absolute atomic E-state index is 0.00861. The van der Waals surface area contributed by atoms with Crippen LogP contribution in [0.2, 0.25) is 0 Å². The molecule has 1 aliphatic heterocycles. The first-order valence-electron chi connectivity index (χ1n) is 6.85. The number of aryl methyl sites for hydroxylation is 1. The number of ether oxygens (including phenoxy) is 1. The molecule has 18 heavy (non-hydrogen) atoms. The molecule has 0 radical (unpaired) electrons. The predicted molar refractivity (Wildman–Crippen MR) is 69.0 cm³/mol. The van der Waals surface area contributed by atoms with Crippen LogP contribution in [0.25, 0.3) is 0 Å². The number of hydrogen-bond acceptors (Lipinski definition) is 2. The average Bonchev–Trinajstić information content (AvgIpc) is 2.72.